The number of unbranched alkanes of at least 4 members (excludes halogenated alkanes) is 15. The van der Waals surface area contributed by atoms with Crippen molar-refractivity contribution in [1.82, 2.24) is 4.90 Å². The van der Waals surface area contributed by atoms with Gasteiger partial charge >= 0.3 is 7.82 Å². The zero-order chi connectivity index (χ0) is 33.1. The number of carbonyl (C=O) groups is 2. The summed E-state index contributed by atoms with van der Waals surface area (Å²) < 4.78 is 30.0. The van der Waals surface area contributed by atoms with E-state index < -0.39 is 25.7 Å². The Balaban J connectivity index is 1.32. The van der Waals surface area contributed by atoms with Crippen LogP contribution in [0.25, 0.3) is 0 Å². The Bertz CT molecular complexity index is 1040. The van der Waals surface area contributed by atoms with Gasteiger partial charge in [0, 0.05) is 19.4 Å². The first-order chi connectivity index (χ1) is 22.3. The number of carbonyl (C=O) groups excluding carboxylic acids is 2. The van der Waals surface area contributed by atoms with Gasteiger partial charge in [0.25, 0.3) is 11.8 Å². The van der Waals surface area contributed by atoms with E-state index in [-0.39, 0.29) is 19.8 Å². The van der Waals surface area contributed by atoms with Crippen molar-refractivity contribution in [3.05, 3.63) is 35.4 Å². The lowest BCUT2D eigenvalue weighted by Crippen LogP contribution is -2.45. The number of quaternary nitrogens is 1. The van der Waals surface area contributed by atoms with Crippen LogP contribution in [0, 0.1) is 0 Å². The first kappa shape index (κ1) is 38.8. The second kappa shape index (κ2) is 21.4. The molecule has 0 radical (unpaired) electrons. The summed E-state index contributed by atoms with van der Waals surface area (Å²) >= 11 is 0. The molecular weight excluding hydrogens is 603 g/mol. The quantitative estimate of drug-likeness (QED) is 0.0437. The molecule has 2 aliphatic heterocycles. The molecule has 1 aromatic carbocycles. The van der Waals surface area contributed by atoms with Crippen molar-refractivity contribution < 1.29 is 37.3 Å². The Kier molecular flexibility index (Phi) is 18.0. The minimum atomic E-state index is -4.38. The van der Waals surface area contributed by atoms with Gasteiger partial charge < -0.3 is 14.1 Å². The number of imide groups is 1. The molecule has 3 rings (SSSR count). The van der Waals surface area contributed by atoms with Gasteiger partial charge in [0.15, 0.2) is 0 Å². The highest BCUT2D eigenvalue weighted by Crippen LogP contribution is 2.43. The van der Waals surface area contributed by atoms with Gasteiger partial charge in [0.1, 0.15) is 13.2 Å². The highest BCUT2D eigenvalue weighted by Gasteiger charge is 2.41. The number of phosphoric ester groups is 1. The predicted octanol–water partition coefficient (Wildman–Crippen LogP) is 8.30. The van der Waals surface area contributed by atoms with E-state index in [1.807, 2.05) is 0 Å². The summed E-state index contributed by atoms with van der Waals surface area (Å²) in [5.74, 6) is -0.888. The molecule has 2 aliphatic rings. The number of phosphoric acid groups is 1. The molecule has 1 saturated heterocycles. The number of likely N-dealkylation sites (N-methyl/N-ethyl adjacent to an activating group) is 1. The highest BCUT2D eigenvalue weighted by molar-refractivity contribution is 7.47. The molecule has 1 N–H and O–H groups in total. The summed E-state index contributed by atoms with van der Waals surface area (Å²) in [6.07, 6.45) is 23.0. The van der Waals surface area contributed by atoms with Gasteiger partial charge in [-0.15, -0.1) is 0 Å². The maximum absolute atomic E-state index is 13.1. The lowest BCUT2D eigenvalue weighted by atomic mass is 10.0. The van der Waals surface area contributed by atoms with Crippen LogP contribution in [0.1, 0.15) is 143 Å². The first-order valence-corrected chi connectivity index (χ1v) is 19.8. The second-order valence-corrected chi connectivity index (χ2v) is 15.1. The maximum atomic E-state index is 13.1. The molecule has 262 valence electrons. The van der Waals surface area contributed by atoms with E-state index in [0.29, 0.717) is 24.3 Å². The lowest BCUT2D eigenvalue weighted by molar-refractivity contribution is -0.897. The average molecular weight is 666 g/mol. The van der Waals surface area contributed by atoms with Gasteiger partial charge in [0.2, 0.25) is 0 Å². The molecule has 1 fully saturated rings. The van der Waals surface area contributed by atoms with Crippen LogP contribution in [-0.4, -0.2) is 85.2 Å². The second-order valence-electron chi connectivity index (χ2n) is 13.7. The molecule has 2 atom stereocenters. The average Bonchev–Trinajstić information content (AvgIpc) is 3.58. The molecular formula is C36H62N2O7P+. The van der Waals surface area contributed by atoms with Crippen LogP contribution >= 0.6 is 7.82 Å². The first-order valence-electron chi connectivity index (χ1n) is 18.3. The van der Waals surface area contributed by atoms with Crippen molar-refractivity contribution in [2.75, 3.05) is 53.1 Å². The zero-order valence-corrected chi connectivity index (χ0v) is 29.7. The molecule has 0 aliphatic carbocycles. The summed E-state index contributed by atoms with van der Waals surface area (Å²) in [7, 11) is -2.26. The van der Waals surface area contributed by atoms with E-state index in [1.54, 1.807) is 24.3 Å². The van der Waals surface area contributed by atoms with Crippen molar-refractivity contribution in [2.24, 2.45) is 0 Å². The Morgan fingerprint density at radius 2 is 1.22 bits per heavy atom. The molecule has 2 heterocycles. The number of hydrogen-bond donors (Lipinski definition) is 1. The Hall–Kier alpha value is -1.61. The third-order valence-electron chi connectivity index (χ3n) is 9.60. The molecule has 1 aromatic rings. The third-order valence-corrected chi connectivity index (χ3v) is 10.6. The molecule has 9 nitrogen and oxygen atoms in total. The molecule has 10 heteroatoms. The summed E-state index contributed by atoms with van der Waals surface area (Å²) in [5.41, 5.74) is 0.641. The monoisotopic (exact) mass is 665 g/mol. The fourth-order valence-corrected chi connectivity index (χ4v) is 7.37. The van der Waals surface area contributed by atoms with Gasteiger partial charge in [-0.2, -0.15) is 0 Å². The summed E-state index contributed by atoms with van der Waals surface area (Å²) in [5, 5.41) is 0. The Labute approximate surface area is 278 Å². The van der Waals surface area contributed by atoms with E-state index >= 15 is 0 Å². The van der Waals surface area contributed by atoms with Crippen molar-refractivity contribution in [3.63, 3.8) is 0 Å². The van der Waals surface area contributed by atoms with Gasteiger partial charge in [-0.25, -0.2) is 4.57 Å². The predicted molar refractivity (Wildman–Crippen MR) is 183 cm³/mol. The van der Waals surface area contributed by atoms with Crippen LogP contribution in [-0.2, 0) is 18.3 Å². The number of ether oxygens (including phenoxy) is 1. The van der Waals surface area contributed by atoms with Gasteiger partial charge in [-0.05, 0) is 18.6 Å². The fourth-order valence-electron chi connectivity index (χ4n) is 6.62. The highest BCUT2D eigenvalue weighted by atomic mass is 31.2. The SMILES string of the molecule is CCCCCCCCCCCCCCCCCCOCC(COP(=O)(O)OCC[N+]1(C)CCCC1)N1C(=O)c2ccccc2C1=O. The minimum Gasteiger partial charge on any atom is -0.379 e. The number of amides is 2. The van der Waals surface area contributed by atoms with E-state index in [0.717, 1.165) is 54.6 Å². The number of likely N-dealkylation sites (tertiary alicyclic amines) is 1. The van der Waals surface area contributed by atoms with Crippen LogP contribution in [0.15, 0.2) is 24.3 Å². The number of fused-ring (bicyclic) bond motifs is 1. The van der Waals surface area contributed by atoms with Gasteiger partial charge in [-0.1, -0.05) is 115 Å². The summed E-state index contributed by atoms with van der Waals surface area (Å²) in [6, 6.07) is 5.82. The number of rotatable bonds is 27. The molecule has 46 heavy (non-hydrogen) atoms. The van der Waals surface area contributed by atoms with Crippen LogP contribution in [0.4, 0.5) is 0 Å². The lowest BCUT2D eigenvalue weighted by Gasteiger charge is -2.29. The van der Waals surface area contributed by atoms with E-state index in [4.69, 9.17) is 13.8 Å². The van der Waals surface area contributed by atoms with Crippen LogP contribution in [0.2, 0.25) is 0 Å². The van der Waals surface area contributed by atoms with Crippen LogP contribution in [0.5, 0.6) is 0 Å². The largest absolute Gasteiger partial charge is 0.472 e. The smallest absolute Gasteiger partial charge is 0.379 e. The Morgan fingerprint density at radius 3 is 1.72 bits per heavy atom. The number of benzene rings is 1. The number of nitrogens with zero attached hydrogens (tertiary/aromatic N) is 2. The normalized spacial score (nSPS) is 17.8. The third kappa shape index (κ3) is 13.9. The molecule has 0 saturated carbocycles. The van der Waals surface area contributed by atoms with E-state index in [2.05, 4.69) is 14.0 Å². The van der Waals surface area contributed by atoms with Crippen molar-refractivity contribution in [3.8, 4) is 0 Å². The zero-order valence-electron chi connectivity index (χ0n) is 28.8. The Morgan fingerprint density at radius 1 is 0.739 bits per heavy atom. The van der Waals surface area contributed by atoms with Crippen molar-refractivity contribution in [2.45, 2.75) is 129 Å². The summed E-state index contributed by atoms with van der Waals surface area (Å²) in [4.78, 5) is 37.8. The molecule has 0 spiro atoms. The number of hydrogen-bond acceptors (Lipinski definition) is 6. The van der Waals surface area contributed by atoms with Crippen molar-refractivity contribution >= 4 is 19.6 Å². The topological polar surface area (TPSA) is 102 Å². The molecule has 2 unspecified atom stereocenters. The molecule has 0 aromatic heterocycles. The fraction of sp³-hybridized carbons (Fsp3) is 0.778. The van der Waals surface area contributed by atoms with Crippen molar-refractivity contribution in [1.29, 1.82) is 0 Å². The maximum Gasteiger partial charge on any atom is 0.472 e. The van der Waals surface area contributed by atoms with E-state index in [9.17, 15) is 19.0 Å². The van der Waals surface area contributed by atoms with E-state index in [1.165, 1.54) is 83.5 Å². The minimum absolute atomic E-state index is 0.0270. The van der Waals surface area contributed by atoms with Crippen LogP contribution in [0.3, 0.4) is 0 Å². The molecule has 2 amide bonds. The van der Waals surface area contributed by atoms with Crippen LogP contribution < -0.4 is 0 Å². The van der Waals surface area contributed by atoms with Gasteiger partial charge in [-0.3, -0.25) is 23.5 Å². The van der Waals surface area contributed by atoms with Gasteiger partial charge in [0.05, 0.1) is 50.5 Å². The molecule has 0 bridgehead atoms. The standard InChI is InChI=1S/C36H61N2O7P/c1-3-4-5-6-7-8-9-10-11-12-13-14-15-16-17-22-28-43-30-32(37-35(39)33-23-18-19-24-34(33)36(37)40)31-45-46(41,42)44-29-27-38(2)25-20-21-26-38/h18-19,23-24,32H,3-17,20-22,25-31H2,1-2H3/p+1. The summed E-state index contributed by atoms with van der Waals surface area (Å²) in [6.45, 7) is 5.21.